The summed E-state index contributed by atoms with van der Waals surface area (Å²) in [5.41, 5.74) is 1.90. The summed E-state index contributed by atoms with van der Waals surface area (Å²) in [6.45, 7) is 19.9. The molecular formula is C32H54O3. The summed E-state index contributed by atoms with van der Waals surface area (Å²) in [4.78, 5) is 11.8. The number of aliphatic hydroxyl groups is 1. The number of hydrogen-bond acceptors (Lipinski definition) is 3. The van der Waals surface area contributed by atoms with Crippen molar-refractivity contribution in [3.8, 4) is 0 Å². The molecular weight excluding hydrogens is 432 g/mol. The fraction of sp³-hybridized carbons (Fsp3) is 0.969. The van der Waals surface area contributed by atoms with Crippen LogP contribution < -0.4 is 0 Å². The second kappa shape index (κ2) is 7.97. The van der Waals surface area contributed by atoms with Gasteiger partial charge in [0.1, 0.15) is 6.10 Å². The van der Waals surface area contributed by atoms with E-state index in [0.29, 0.717) is 34.2 Å². The zero-order valence-electron chi connectivity index (χ0n) is 24.1. The molecule has 0 aromatic rings. The Morgan fingerprint density at radius 3 is 2.06 bits per heavy atom. The van der Waals surface area contributed by atoms with Crippen LogP contribution in [-0.4, -0.2) is 23.8 Å². The second-order valence-electron chi connectivity index (χ2n) is 15.9. The van der Waals surface area contributed by atoms with E-state index in [-0.39, 0.29) is 22.9 Å². The van der Waals surface area contributed by atoms with E-state index >= 15 is 0 Å². The van der Waals surface area contributed by atoms with Crippen LogP contribution in [-0.2, 0) is 9.53 Å². The second-order valence-corrected chi connectivity index (χ2v) is 15.9. The number of esters is 1. The third-order valence-corrected chi connectivity index (χ3v) is 14.5. The fourth-order valence-corrected chi connectivity index (χ4v) is 11.8. The van der Waals surface area contributed by atoms with Gasteiger partial charge in [-0.3, -0.25) is 4.79 Å². The molecule has 0 heterocycles. The van der Waals surface area contributed by atoms with Crippen LogP contribution in [0.2, 0.25) is 0 Å². The number of hydrogen-bond donors (Lipinski definition) is 1. The minimum absolute atomic E-state index is 0.0899. The van der Waals surface area contributed by atoms with Crippen molar-refractivity contribution in [1.29, 1.82) is 0 Å². The number of carbonyl (C=O) groups is 1. The van der Waals surface area contributed by atoms with E-state index in [1.807, 2.05) is 0 Å². The summed E-state index contributed by atoms with van der Waals surface area (Å²) in [6, 6.07) is 0. The van der Waals surface area contributed by atoms with E-state index in [2.05, 4.69) is 48.5 Å². The molecule has 5 rings (SSSR count). The molecule has 0 spiro atoms. The van der Waals surface area contributed by atoms with Crippen molar-refractivity contribution in [2.45, 2.75) is 132 Å². The molecule has 0 aliphatic heterocycles. The van der Waals surface area contributed by atoms with Crippen molar-refractivity contribution in [2.24, 2.45) is 56.2 Å². The van der Waals surface area contributed by atoms with Crippen molar-refractivity contribution in [2.75, 3.05) is 6.61 Å². The van der Waals surface area contributed by atoms with Crippen molar-refractivity contribution < 1.29 is 14.6 Å². The van der Waals surface area contributed by atoms with Gasteiger partial charge in [-0.2, -0.15) is 0 Å². The number of ether oxygens (including phenoxy) is 1. The molecule has 11 atom stereocenters. The lowest BCUT2D eigenvalue weighted by Crippen LogP contribution is -2.68. The molecule has 5 saturated carbocycles. The van der Waals surface area contributed by atoms with Crippen LogP contribution in [0.25, 0.3) is 0 Å². The first kappa shape index (κ1) is 26.1. The summed E-state index contributed by atoms with van der Waals surface area (Å²) in [5, 5.41) is 10.3. The normalized spacial score (nSPS) is 57.8. The van der Waals surface area contributed by atoms with E-state index in [9.17, 15) is 9.90 Å². The predicted molar refractivity (Wildman–Crippen MR) is 142 cm³/mol. The lowest BCUT2D eigenvalue weighted by Gasteiger charge is -2.75. The molecule has 35 heavy (non-hydrogen) atoms. The highest BCUT2D eigenvalue weighted by Gasteiger charge is 2.71. The van der Waals surface area contributed by atoms with Crippen LogP contribution in [0.5, 0.6) is 0 Å². The van der Waals surface area contributed by atoms with Gasteiger partial charge in [0.05, 0.1) is 0 Å². The maximum atomic E-state index is 11.8. The fourth-order valence-electron chi connectivity index (χ4n) is 11.8. The molecule has 5 aliphatic carbocycles. The quantitative estimate of drug-likeness (QED) is 0.405. The molecule has 3 nitrogen and oxygen atoms in total. The monoisotopic (exact) mass is 486 g/mol. The number of fused-ring (bicyclic) bond motifs is 7. The maximum absolute atomic E-state index is 11.8. The summed E-state index contributed by atoms with van der Waals surface area (Å²) >= 11 is 0. The molecule has 3 heteroatoms. The lowest BCUT2D eigenvalue weighted by atomic mass is 9.30. The van der Waals surface area contributed by atoms with Gasteiger partial charge in [0.2, 0.25) is 0 Å². The molecule has 0 aromatic carbocycles. The van der Waals surface area contributed by atoms with Crippen molar-refractivity contribution in [1.82, 2.24) is 0 Å². The van der Waals surface area contributed by atoms with Gasteiger partial charge >= 0.3 is 5.97 Å². The topological polar surface area (TPSA) is 46.5 Å². The number of aliphatic hydroxyl groups excluding tert-OH is 1. The Bertz CT molecular complexity index is 869. The first-order valence-corrected chi connectivity index (χ1v) is 15.0. The van der Waals surface area contributed by atoms with Crippen LogP contribution >= 0.6 is 0 Å². The SMILES string of the molecule is CC(=O)O[C@H]1CC[C@H]2[C@](C)(CC[C@H]3[C@@]2(C)CC[C@]2(C)[C@@H]4C[C@](C)(CO)CC[C@]4(C)CC[C@]32C)[C@H]1C. The van der Waals surface area contributed by atoms with E-state index in [0.717, 1.165) is 24.2 Å². The Morgan fingerprint density at radius 1 is 0.771 bits per heavy atom. The molecule has 5 aliphatic rings. The third kappa shape index (κ3) is 3.41. The zero-order chi connectivity index (χ0) is 25.7. The Kier molecular flexibility index (Phi) is 5.93. The Balaban J connectivity index is 1.49. The van der Waals surface area contributed by atoms with Gasteiger partial charge in [-0.05, 0) is 127 Å². The third-order valence-electron chi connectivity index (χ3n) is 14.5. The Hall–Kier alpha value is -0.570. The van der Waals surface area contributed by atoms with E-state index in [4.69, 9.17) is 4.74 Å². The van der Waals surface area contributed by atoms with Gasteiger partial charge in [0.15, 0.2) is 0 Å². The summed E-state index contributed by atoms with van der Waals surface area (Å²) < 4.78 is 5.85. The molecule has 0 aromatic heterocycles. The van der Waals surface area contributed by atoms with Gasteiger partial charge in [-0.1, -0.05) is 48.5 Å². The van der Waals surface area contributed by atoms with Crippen LogP contribution in [0.4, 0.5) is 0 Å². The van der Waals surface area contributed by atoms with Crippen molar-refractivity contribution in [3.63, 3.8) is 0 Å². The van der Waals surface area contributed by atoms with E-state index in [1.165, 1.54) is 64.2 Å². The first-order valence-electron chi connectivity index (χ1n) is 15.0. The van der Waals surface area contributed by atoms with Gasteiger partial charge in [0, 0.05) is 13.5 Å². The Morgan fingerprint density at radius 2 is 1.40 bits per heavy atom. The van der Waals surface area contributed by atoms with Gasteiger partial charge < -0.3 is 9.84 Å². The summed E-state index contributed by atoms with van der Waals surface area (Å²) in [6.07, 6.45) is 14.0. The van der Waals surface area contributed by atoms with Crippen LogP contribution in [0.3, 0.4) is 0 Å². The summed E-state index contributed by atoms with van der Waals surface area (Å²) in [7, 11) is 0. The maximum Gasteiger partial charge on any atom is 0.302 e. The van der Waals surface area contributed by atoms with Crippen LogP contribution in [0.1, 0.15) is 126 Å². The molecule has 0 unspecified atom stereocenters. The minimum atomic E-state index is -0.114. The highest BCUT2D eigenvalue weighted by Crippen LogP contribution is 2.78. The molecule has 1 N–H and O–H groups in total. The molecule has 0 amide bonds. The molecule has 0 bridgehead atoms. The highest BCUT2D eigenvalue weighted by molar-refractivity contribution is 5.66. The molecule has 5 fully saturated rings. The van der Waals surface area contributed by atoms with E-state index < -0.39 is 0 Å². The smallest absolute Gasteiger partial charge is 0.302 e. The first-order chi connectivity index (χ1) is 16.2. The van der Waals surface area contributed by atoms with Gasteiger partial charge in [-0.15, -0.1) is 0 Å². The summed E-state index contributed by atoms with van der Waals surface area (Å²) in [5.74, 6) is 2.53. The van der Waals surface area contributed by atoms with E-state index in [1.54, 1.807) is 6.92 Å². The van der Waals surface area contributed by atoms with Gasteiger partial charge in [0.25, 0.3) is 0 Å². The molecule has 0 saturated heterocycles. The average molecular weight is 487 g/mol. The van der Waals surface area contributed by atoms with Crippen molar-refractivity contribution in [3.05, 3.63) is 0 Å². The van der Waals surface area contributed by atoms with Crippen LogP contribution in [0, 0.1) is 56.2 Å². The standard InChI is InChI=1S/C32H54O3/c1-21-23(35-22(2)34)9-10-24-29(21,5)12-11-25-30(24,6)16-18-32(8)26-19-27(3,20-33)13-14-28(26,4)15-17-31(25,32)7/h21,23-26,33H,9-20H2,1-8H3/t21-,23-,24-,25-,26+,27+,28+,29+,30-,31+,32+/m0/s1. The van der Waals surface area contributed by atoms with Gasteiger partial charge in [-0.25, -0.2) is 0 Å². The number of rotatable bonds is 2. The number of carbonyl (C=O) groups excluding carboxylic acids is 1. The van der Waals surface area contributed by atoms with Crippen molar-refractivity contribution >= 4 is 5.97 Å². The van der Waals surface area contributed by atoms with Crippen LogP contribution in [0.15, 0.2) is 0 Å². The lowest BCUT2D eigenvalue weighted by molar-refractivity contribution is -0.265. The molecule has 200 valence electrons. The average Bonchev–Trinajstić information content (AvgIpc) is 2.79. The Labute approximate surface area is 215 Å². The molecule has 0 radical (unpaired) electrons. The highest BCUT2D eigenvalue weighted by atomic mass is 16.5. The largest absolute Gasteiger partial charge is 0.462 e. The zero-order valence-corrected chi connectivity index (χ0v) is 24.1. The predicted octanol–water partition coefficient (Wildman–Crippen LogP) is 7.79. The minimum Gasteiger partial charge on any atom is -0.462 e.